The van der Waals surface area contributed by atoms with Gasteiger partial charge in [0, 0.05) is 26.1 Å². The van der Waals surface area contributed by atoms with Gasteiger partial charge in [0.1, 0.15) is 10.8 Å². The van der Waals surface area contributed by atoms with Crippen molar-refractivity contribution in [3.8, 4) is 0 Å². The molecule has 1 amide bonds. The first kappa shape index (κ1) is 16.8. The first-order valence-corrected chi connectivity index (χ1v) is 8.93. The smallest absolute Gasteiger partial charge is 0.224 e. The molecule has 0 aromatic carbocycles. The molecule has 2 aliphatic rings. The van der Waals surface area contributed by atoms with Gasteiger partial charge in [-0.1, -0.05) is 11.6 Å². The first-order chi connectivity index (χ1) is 11.0. The molecule has 23 heavy (non-hydrogen) atoms. The fraction of sp³-hybridized carbons (Fsp3) is 0.688. The summed E-state index contributed by atoms with van der Waals surface area (Å²) in [6.07, 6.45) is 8.34. The summed E-state index contributed by atoms with van der Waals surface area (Å²) in [4.78, 5) is 21.5. The molecule has 5 nitrogen and oxygen atoms in total. The summed E-state index contributed by atoms with van der Waals surface area (Å²) in [7, 11) is 0. The highest BCUT2D eigenvalue weighted by molar-refractivity contribution is 6.33. The molecule has 0 bridgehead atoms. The monoisotopic (exact) mass is 356 g/mol. The number of nitrogens with one attached hydrogen (secondary N) is 1. The normalized spacial score (nSPS) is 21.4. The minimum atomic E-state index is 0.200. The number of carbonyl (C=O) groups is 1. The first-order valence-electron chi connectivity index (χ1n) is 8.18. The number of rotatable bonds is 2. The van der Waals surface area contributed by atoms with E-state index in [1.54, 1.807) is 6.92 Å². The maximum absolute atomic E-state index is 11.5. The molecule has 1 saturated heterocycles. The van der Waals surface area contributed by atoms with Crippen LogP contribution in [0, 0.1) is 5.41 Å². The molecule has 0 unspecified atom stereocenters. The molecular formula is C16H22Cl2N4O. The maximum atomic E-state index is 11.5. The van der Waals surface area contributed by atoms with Crippen LogP contribution in [0.25, 0.3) is 0 Å². The number of likely N-dealkylation sites (tertiary alicyclic amines) is 1. The zero-order valence-electron chi connectivity index (χ0n) is 13.3. The van der Waals surface area contributed by atoms with E-state index in [1.807, 2.05) is 4.90 Å². The summed E-state index contributed by atoms with van der Waals surface area (Å²) >= 11 is 12.0. The fourth-order valence-corrected chi connectivity index (χ4v) is 4.09. The van der Waals surface area contributed by atoms with Crippen LogP contribution < -0.4 is 5.32 Å². The number of anilines is 1. The van der Waals surface area contributed by atoms with E-state index < -0.39 is 0 Å². The van der Waals surface area contributed by atoms with Gasteiger partial charge in [-0.25, -0.2) is 4.98 Å². The summed E-state index contributed by atoms with van der Waals surface area (Å²) in [5.74, 6) is 0.824. The highest BCUT2D eigenvalue weighted by Crippen LogP contribution is 2.45. The van der Waals surface area contributed by atoms with Crippen LogP contribution in [0.15, 0.2) is 6.20 Å². The van der Waals surface area contributed by atoms with E-state index in [-0.39, 0.29) is 11.2 Å². The third kappa shape index (κ3) is 3.89. The zero-order chi connectivity index (χ0) is 16.4. The minimum absolute atomic E-state index is 0.200. The molecule has 1 aromatic rings. The predicted molar refractivity (Wildman–Crippen MR) is 91.9 cm³/mol. The number of carbonyl (C=O) groups excluding carboxylic acids is 1. The number of aromatic nitrogens is 2. The number of halogens is 2. The lowest BCUT2D eigenvalue weighted by Gasteiger charge is -2.46. The van der Waals surface area contributed by atoms with E-state index in [0.29, 0.717) is 22.3 Å². The lowest BCUT2D eigenvalue weighted by atomic mass is 9.67. The van der Waals surface area contributed by atoms with Gasteiger partial charge in [-0.3, -0.25) is 4.79 Å². The Kier molecular flexibility index (Phi) is 4.97. The molecule has 1 aromatic heterocycles. The van der Waals surface area contributed by atoms with Crippen LogP contribution in [-0.4, -0.2) is 39.9 Å². The van der Waals surface area contributed by atoms with E-state index in [4.69, 9.17) is 23.2 Å². The molecule has 1 N–H and O–H groups in total. The van der Waals surface area contributed by atoms with E-state index >= 15 is 0 Å². The minimum Gasteiger partial charge on any atom is -0.366 e. The maximum Gasteiger partial charge on any atom is 0.224 e. The molecule has 2 fully saturated rings. The van der Waals surface area contributed by atoms with E-state index in [2.05, 4.69) is 15.3 Å². The Morgan fingerprint density at radius 2 is 1.91 bits per heavy atom. The molecule has 0 radical (unpaired) electrons. The summed E-state index contributed by atoms with van der Waals surface area (Å²) in [5, 5.41) is 4.12. The van der Waals surface area contributed by atoms with Gasteiger partial charge in [0.15, 0.2) is 0 Å². The van der Waals surface area contributed by atoms with Crippen molar-refractivity contribution in [2.45, 2.75) is 51.5 Å². The molecule has 1 saturated carbocycles. The van der Waals surface area contributed by atoms with Crippen LogP contribution >= 0.6 is 23.2 Å². The van der Waals surface area contributed by atoms with Gasteiger partial charge in [-0.15, -0.1) is 0 Å². The largest absolute Gasteiger partial charge is 0.366 e. The second-order valence-electron chi connectivity index (χ2n) is 6.76. The number of nitrogens with zero attached hydrogens (tertiary/aromatic N) is 3. The SMILES string of the molecule is CC(=O)N1CCC2(CCC(Nc3nc(Cl)ncc3Cl)CC2)CC1. The van der Waals surface area contributed by atoms with E-state index in [1.165, 1.54) is 19.0 Å². The highest BCUT2D eigenvalue weighted by atomic mass is 35.5. The zero-order valence-corrected chi connectivity index (χ0v) is 14.8. The third-order valence-corrected chi connectivity index (χ3v) is 5.83. The second-order valence-corrected chi connectivity index (χ2v) is 7.51. The number of hydrogen-bond donors (Lipinski definition) is 1. The van der Waals surface area contributed by atoms with Gasteiger partial charge < -0.3 is 10.2 Å². The number of hydrogen-bond acceptors (Lipinski definition) is 4. The summed E-state index contributed by atoms with van der Waals surface area (Å²) in [6.45, 7) is 3.47. The van der Waals surface area contributed by atoms with E-state index in [0.717, 1.165) is 38.8 Å². The Balaban J connectivity index is 1.55. The molecule has 1 aliphatic carbocycles. The third-order valence-electron chi connectivity index (χ3n) is 5.37. The van der Waals surface area contributed by atoms with Crippen LogP contribution in [0.5, 0.6) is 0 Å². The van der Waals surface area contributed by atoms with Crippen LogP contribution in [0.2, 0.25) is 10.3 Å². The summed E-state index contributed by atoms with van der Waals surface area (Å²) < 4.78 is 0. The Labute approximate surface area is 146 Å². The highest BCUT2D eigenvalue weighted by Gasteiger charge is 2.38. The average molecular weight is 357 g/mol. The molecule has 126 valence electrons. The van der Waals surface area contributed by atoms with Gasteiger partial charge in [-0.05, 0) is 55.5 Å². The van der Waals surface area contributed by atoms with Crippen LogP contribution in [-0.2, 0) is 4.79 Å². The van der Waals surface area contributed by atoms with Crippen molar-refractivity contribution in [2.75, 3.05) is 18.4 Å². The van der Waals surface area contributed by atoms with Crippen LogP contribution in [0.3, 0.4) is 0 Å². The number of amides is 1. The van der Waals surface area contributed by atoms with Gasteiger partial charge in [0.05, 0.1) is 6.20 Å². The molecule has 1 aliphatic heterocycles. The summed E-state index contributed by atoms with van der Waals surface area (Å²) in [5.41, 5.74) is 0.414. The fourth-order valence-electron chi connectivity index (χ4n) is 3.81. The van der Waals surface area contributed by atoms with Gasteiger partial charge in [-0.2, -0.15) is 4.98 Å². The van der Waals surface area contributed by atoms with Crippen molar-refractivity contribution in [3.63, 3.8) is 0 Å². The molecular weight excluding hydrogens is 335 g/mol. The average Bonchev–Trinajstić information content (AvgIpc) is 2.54. The van der Waals surface area contributed by atoms with E-state index in [9.17, 15) is 4.79 Å². The van der Waals surface area contributed by atoms with Crippen molar-refractivity contribution in [2.24, 2.45) is 5.41 Å². The Bertz CT molecular complexity index is 577. The molecule has 1 spiro atoms. The Hall–Kier alpha value is -1.07. The lowest BCUT2D eigenvalue weighted by molar-refractivity contribution is -0.131. The van der Waals surface area contributed by atoms with Crippen molar-refractivity contribution < 1.29 is 4.79 Å². The molecule has 3 rings (SSSR count). The lowest BCUT2D eigenvalue weighted by Crippen LogP contribution is -2.45. The van der Waals surface area contributed by atoms with Gasteiger partial charge in [0.25, 0.3) is 0 Å². The predicted octanol–water partition coefficient (Wildman–Crippen LogP) is 3.77. The quantitative estimate of drug-likeness (QED) is 0.819. The molecule has 2 heterocycles. The van der Waals surface area contributed by atoms with Crippen molar-refractivity contribution in [1.29, 1.82) is 0 Å². The van der Waals surface area contributed by atoms with Gasteiger partial charge >= 0.3 is 0 Å². The standard InChI is InChI=1S/C16H22Cl2N4O/c1-11(23)22-8-6-16(7-9-22)4-2-12(3-5-16)20-14-13(17)10-19-15(18)21-14/h10,12H,2-9H2,1H3,(H,19,20,21). The van der Waals surface area contributed by atoms with Crippen molar-refractivity contribution in [1.82, 2.24) is 14.9 Å². The molecule has 7 heteroatoms. The van der Waals surface area contributed by atoms with Crippen LogP contribution in [0.1, 0.15) is 45.4 Å². The van der Waals surface area contributed by atoms with Crippen LogP contribution in [0.4, 0.5) is 5.82 Å². The molecule has 0 atom stereocenters. The van der Waals surface area contributed by atoms with Crippen molar-refractivity contribution in [3.05, 3.63) is 16.5 Å². The van der Waals surface area contributed by atoms with Gasteiger partial charge in [0.2, 0.25) is 11.2 Å². The Morgan fingerprint density at radius 3 is 2.52 bits per heavy atom. The number of piperidine rings is 1. The van der Waals surface area contributed by atoms with Crippen molar-refractivity contribution >= 4 is 34.9 Å². The second kappa shape index (κ2) is 6.81. The summed E-state index contributed by atoms with van der Waals surface area (Å²) in [6, 6.07) is 0.370. The topological polar surface area (TPSA) is 58.1 Å². The Morgan fingerprint density at radius 1 is 1.26 bits per heavy atom.